The molecular formula is C28H28FNO5S. The van der Waals surface area contributed by atoms with Crippen LogP contribution in [-0.4, -0.2) is 24.4 Å². The van der Waals surface area contributed by atoms with Crippen molar-refractivity contribution in [2.75, 3.05) is 13.2 Å². The number of carbonyl (C=O) groups excluding carboxylic acids is 2. The van der Waals surface area contributed by atoms with Gasteiger partial charge in [-0.15, -0.1) is 0 Å². The third-order valence-corrected chi connectivity index (χ3v) is 6.88. The van der Waals surface area contributed by atoms with Gasteiger partial charge in [0.1, 0.15) is 22.0 Å². The molecule has 0 saturated carbocycles. The summed E-state index contributed by atoms with van der Waals surface area (Å²) in [6.07, 6.45) is 2.38. The van der Waals surface area contributed by atoms with Crippen LogP contribution in [0.25, 0.3) is 0 Å². The maximum Gasteiger partial charge on any atom is 0.287 e. The average Bonchev–Trinajstić information content (AvgIpc) is 3.13. The Morgan fingerprint density at radius 1 is 0.917 bits per heavy atom. The molecule has 1 saturated heterocycles. The van der Waals surface area contributed by atoms with Crippen LogP contribution in [0, 0.1) is 5.82 Å². The lowest BCUT2D eigenvalue weighted by molar-refractivity contribution is -0.121. The van der Waals surface area contributed by atoms with Crippen LogP contribution >= 0.6 is 11.8 Å². The monoisotopic (exact) mass is 509 g/mol. The number of benzene rings is 3. The lowest BCUT2D eigenvalue weighted by Crippen LogP contribution is -2.31. The van der Waals surface area contributed by atoms with Gasteiger partial charge in [0.2, 0.25) is 5.91 Å². The minimum absolute atomic E-state index is 0.0890. The van der Waals surface area contributed by atoms with Crippen molar-refractivity contribution in [1.29, 1.82) is 0 Å². The van der Waals surface area contributed by atoms with E-state index in [0.29, 0.717) is 18.6 Å². The Balaban J connectivity index is 1.29. The van der Waals surface area contributed by atoms with E-state index in [1.165, 1.54) is 12.1 Å². The summed E-state index contributed by atoms with van der Waals surface area (Å²) in [5.74, 6) is 1.38. The summed E-state index contributed by atoms with van der Waals surface area (Å²) in [7, 11) is 0. The number of rotatable bonds is 11. The molecule has 36 heavy (non-hydrogen) atoms. The summed E-state index contributed by atoms with van der Waals surface area (Å²) < 4.78 is 31.0. The molecule has 0 aromatic heterocycles. The molecule has 1 aliphatic heterocycles. The molecule has 8 heteroatoms. The van der Waals surface area contributed by atoms with Crippen molar-refractivity contribution in [2.45, 2.75) is 37.9 Å². The van der Waals surface area contributed by atoms with Gasteiger partial charge in [-0.25, -0.2) is 4.39 Å². The fourth-order valence-electron chi connectivity index (χ4n) is 3.85. The maximum atomic E-state index is 14.6. The smallest absolute Gasteiger partial charge is 0.287 e. The predicted octanol–water partition coefficient (Wildman–Crippen LogP) is 6.62. The average molecular weight is 510 g/mol. The summed E-state index contributed by atoms with van der Waals surface area (Å²) in [6, 6.07) is 19.7. The number of imide groups is 1. The topological polar surface area (TPSA) is 73.9 Å². The van der Waals surface area contributed by atoms with E-state index in [1.54, 1.807) is 13.0 Å². The molecule has 0 radical (unpaired) electrons. The van der Waals surface area contributed by atoms with Crippen molar-refractivity contribution in [1.82, 2.24) is 5.32 Å². The molecule has 2 amide bonds. The second-order valence-electron chi connectivity index (χ2n) is 8.51. The Morgan fingerprint density at radius 2 is 1.64 bits per heavy atom. The number of para-hydroxylation sites is 1. The van der Waals surface area contributed by atoms with Crippen LogP contribution in [0.2, 0.25) is 0 Å². The molecule has 1 unspecified atom stereocenters. The zero-order valence-corrected chi connectivity index (χ0v) is 21.0. The van der Waals surface area contributed by atoms with E-state index in [-0.39, 0.29) is 12.4 Å². The van der Waals surface area contributed by atoms with Crippen molar-refractivity contribution < 1.29 is 28.2 Å². The number of halogens is 1. The largest absolute Gasteiger partial charge is 0.493 e. The number of thioether (sulfide) groups is 1. The van der Waals surface area contributed by atoms with Crippen molar-refractivity contribution in [3.63, 3.8) is 0 Å². The van der Waals surface area contributed by atoms with Gasteiger partial charge in [-0.3, -0.25) is 14.9 Å². The lowest BCUT2D eigenvalue weighted by Gasteiger charge is -2.19. The van der Waals surface area contributed by atoms with Gasteiger partial charge in [-0.2, -0.15) is 0 Å². The summed E-state index contributed by atoms with van der Waals surface area (Å²) in [5, 5.41) is 1.80. The number of aryl methyl sites for hydroxylation is 1. The first kappa shape index (κ1) is 25.6. The van der Waals surface area contributed by atoms with Crippen LogP contribution in [0.1, 0.15) is 37.8 Å². The molecule has 1 atom stereocenters. The van der Waals surface area contributed by atoms with E-state index in [4.69, 9.17) is 14.2 Å². The fourth-order valence-corrected chi connectivity index (χ4v) is 4.75. The van der Waals surface area contributed by atoms with E-state index in [2.05, 4.69) is 12.2 Å². The number of amides is 2. The second kappa shape index (κ2) is 11.5. The Hall–Kier alpha value is -3.52. The van der Waals surface area contributed by atoms with Crippen molar-refractivity contribution in [2.24, 2.45) is 0 Å². The van der Waals surface area contributed by atoms with E-state index in [1.807, 2.05) is 48.5 Å². The quantitative estimate of drug-likeness (QED) is 0.293. The summed E-state index contributed by atoms with van der Waals surface area (Å²) >= 11 is 0.840. The molecule has 0 aliphatic carbocycles. The van der Waals surface area contributed by atoms with Crippen LogP contribution in [0.5, 0.6) is 23.0 Å². The van der Waals surface area contributed by atoms with Crippen LogP contribution in [0.4, 0.5) is 9.18 Å². The Kier molecular flexibility index (Phi) is 8.15. The molecular weight excluding hydrogens is 481 g/mol. The second-order valence-corrected chi connectivity index (χ2v) is 9.90. The SMILES string of the molecule is CCCc1cc(Oc2ccccc2)ccc1OCCCOc1ccc(C2(C)SC(=O)NC2=O)cc1F. The molecule has 4 rings (SSSR count). The summed E-state index contributed by atoms with van der Waals surface area (Å²) in [4.78, 5) is 23.6. The van der Waals surface area contributed by atoms with Gasteiger partial charge < -0.3 is 14.2 Å². The molecule has 0 bridgehead atoms. The lowest BCUT2D eigenvalue weighted by atomic mass is 9.99. The number of nitrogens with one attached hydrogen (secondary N) is 1. The molecule has 1 heterocycles. The predicted molar refractivity (Wildman–Crippen MR) is 137 cm³/mol. The van der Waals surface area contributed by atoms with E-state index < -0.39 is 21.7 Å². The van der Waals surface area contributed by atoms with Gasteiger partial charge in [0, 0.05) is 6.42 Å². The highest BCUT2D eigenvalue weighted by molar-refractivity contribution is 8.15. The molecule has 1 aliphatic rings. The molecule has 0 spiro atoms. The van der Waals surface area contributed by atoms with Crippen molar-refractivity contribution in [3.8, 4) is 23.0 Å². The molecule has 3 aromatic carbocycles. The normalized spacial score (nSPS) is 17.1. The number of ether oxygens (including phenoxy) is 3. The molecule has 1 fully saturated rings. The number of hydrogen-bond acceptors (Lipinski definition) is 6. The maximum absolute atomic E-state index is 14.6. The fraction of sp³-hybridized carbons (Fsp3) is 0.286. The highest BCUT2D eigenvalue weighted by atomic mass is 32.2. The summed E-state index contributed by atoms with van der Waals surface area (Å²) in [5.41, 5.74) is 1.47. The van der Waals surface area contributed by atoms with Gasteiger partial charge in [0.15, 0.2) is 11.6 Å². The number of carbonyl (C=O) groups is 2. The standard InChI is InChI=1S/C28H28FNO5S/c1-3-8-19-17-22(35-21-9-5-4-6-10-21)12-14-24(19)33-15-7-16-34-25-13-11-20(18-23(25)29)28(2)26(31)30-27(32)36-28/h4-6,9-14,17-18H,3,7-8,15-16H2,1-2H3,(H,30,31,32). The Morgan fingerprint density at radius 3 is 2.31 bits per heavy atom. The van der Waals surface area contributed by atoms with Crippen molar-refractivity contribution >= 4 is 22.9 Å². The van der Waals surface area contributed by atoms with Gasteiger partial charge in [0.25, 0.3) is 5.24 Å². The van der Waals surface area contributed by atoms with Crippen molar-refractivity contribution in [3.05, 3.63) is 83.7 Å². The van der Waals surface area contributed by atoms with Crippen LogP contribution in [0.15, 0.2) is 66.7 Å². The van der Waals surface area contributed by atoms with Crippen LogP contribution in [0.3, 0.4) is 0 Å². The van der Waals surface area contributed by atoms with Gasteiger partial charge in [0.05, 0.1) is 13.2 Å². The Labute approximate surface area is 214 Å². The third kappa shape index (κ3) is 5.99. The van der Waals surface area contributed by atoms with Gasteiger partial charge >= 0.3 is 0 Å². The Bertz CT molecular complexity index is 1240. The summed E-state index contributed by atoms with van der Waals surface area (Å²) in [6.45, 7) is 4.38. The molecule has 1 N–H and O–H groups in total. The van der Waals surface area contributed by atoms with Crippen LogP contribution in [-0.2, 0) is 16.0 Å². The molecule has 3 aromatic rings. The highest BCUT2D eigenvalue weighted by Crippen LogP contribution is 2.42. The zero-order valence-electron chi connectivity index (χ0n) is 20.2. The minimum atomic E-state index is -1.15. The van der Waals surface area contributed by atoms with Crippen LogP contribution < -0.4 is 19.5 Å². The third-order valence-electron chi connectivity index (χ3n) is 5.76. The number of hydrogen-bond donors (Lipinski definition) is 1. The first-order valence-corrected chi connectivity index (χ1v) is 12.7. The zero-order chi connectivity index (χ0) is 25.5. The van der Waals surface area contributed by atoms with Gasteiger partial charge in [-0.05, 0) is 78.7 Å². The highest BCUT2D eigenvalue weighted by Gasteiger charge is 2.45. The first-order chi connectivity index (χ1) is 17.4. The molecule has 6 nitrogen and oxygen atoms in total. The van der Waals surface area contributed by atoms with E-state index >= 15 is 0 Å². The molecule has 188 valence electrons. The van der Waals surface area contributed by atoms with E-state index in [0.717, 1.165) is 47.4 Å². The first-order valence-electron chi connectivity index (χ1n) is 11.8. The van der Waals surface area contributed by atoms with Gasteiger partial charge in [-0.1, -0.05) is 37.6 Å². The van der Waals surface area contributed by atoms with E-state index in [9.17, 15) is 14.0 Å². The minimum Gasteiger partial charge on any atom is -0.493 e.